The predicted molar refractivity (Wildman–Crippen MR) is 96.6 cm³/mol. The molecule has 0 radical (unpaired) electrons. The molecule has 3 rings (SSSR count). The first kappa shape index (κ1) is 17.5. The van der Waals surface area contributed by atoms with Crippen molar-refractivity contribution in [3.63, 3.8) is 0 Å². The number of hydrogen-bond acceptors (Lipinski definition) is 4. The van der Waals surface area contributed by atoms with Crippen LogP contribution in [-0.2, 0) is 17.6 Å². The fourth-order valence-electron chi connectivity index (χ4n) is 2.26. The average Bonchev–Trinajstić information content (AvgIpc) is 3.06. The summed E-state index contributed by atoms with van der Waals surface area (Å²) in [7, 11) is 0. The standard InChI is InChI=1S/C18H15Cl2N3O2/c19-13-7-5-12(6-8-13)11-16(24)21-10-9-17-22-23-18(25-17)14-3-1-2-4-15(14)20/h1-8H,9-11H2,(H,21,24). The van der Waals surface area contributed by atoms with E-state index in [-0.39, 0.29) is 5.91 Å². The molecule has 1 aromatic heterocycles. The Morgan fingerprint density at radius 3 is 2.56 bits per heavy atom. The Balaban J connectivity index is 1.50. The summed E-state index contributed by atoms with van der Waals surface area (Å²) in [6.07, 6.45) is 0.746. The maximum atomic E-state index is 11.9. The molecule has 0 fully saturated rings. The van der Waals surface area contributed by atoms with Crippen molar-refractivity contribution in [2.24, 2.45) is 0 Å². The largest absolute Gasteiger partial charge is 0.421 e. The molecule has 0 aliphatic carbocycles. The van der Waals surface area contributed by atoms with Gasteiger partial charge in [0.25, 0.3) is 0 Å². The molecule has 0 saturated heterocycles. The number of nitrogens with one attached hydrogen (secondary N) is 1. The number of carbonyl (C=O) groups is 1. The summed E-state index contributed by atoms with van der Waals surface area (Å²) in [6, 6.07) is 14.4. The summed E-state index contributed by atoms with van der Waals surface area (Å²) >= 11 is 11.9. The van der Waals surface area contributed by atoms with E-state index in [1.54, 1.807) is 18.2 Å². The van der Waals surface area contributed by atoms with E-state index in [4.69, 9.17) is 27.6 Å². The van der Waals surface area contributed by atoms with Gasteiger partial charge in [-0.1, -0.05) is 47.5 Å². The van der Waals surface area contributed by atoms with Crippen LogP contribution in [-0.4, -0.2) is 22.6 Å². The smallest absolute Gasteiger partial charge is 0.249 e. The highest BCUT2D eigenvalue weighted by atomic mass is 35.5. The van der Waals surface area contributed by atoms with Crippen LogP contribution in [0.15, 0.2) is 52.9 Å². The predicted octanol–water partition coefficient (Wildman–Crippen LogP) is 3.94. The molecular weight excluding hydrogens is 361 g/mol. The summed E-state index contributed by atoms with van der Waals surface area (Å²) in [5, 5.41) is 12.0. The number of halogens is 2. The lowest BCUT2D eigenvalue weighted by Gasteiger charge is -2.04. The Morgan fingerprint density at radius 2 is 1.80 bits per heavy atom. The zero-order valence-corrected chi connectivity index (χ0v) is 14.7. The second kappa shape index (κ2) is 8.14. The van der Waals surface area contributed by atoms with Crippen LogP contribution in [0.2, 0.25) is 10.0 Å². The minimum atomic E-state index is -0.0758. The van der Waals surface area contributed by atoms with Crippen LogP contribution in [0.3, 0.4) is 0 Å². The molecule has 0 aliphatic heterocycles. The van der Waals surface area contributed by atoms with Crippen LogP contribution in [0.5, 0.6) is 0 Å². The van der Waals surface area contributed by atoms with Crippen LogP contribution < -0.4 is 5.32 Å². The molecule has 0 bridgehead atoms. The average molecular weight is 376 g/mol. The van der Waals surface area contributed by atoms with Gasteiger partial charge in [-0.15, -0.1) is 10.2 Å². The van der Waals surface area contributed by atoms with Gasteiger partial charge < -0.3 is 9.73 Å². The summed E-state index contributed by atoms with van der Waals surface area (Å²) in [4.78, 5) is 11.9. The van der Waals surface area contributed by atoms with E-state index in [0.29, 0.717) is 46.8 Å². The Hall–Kier alpha value is -2.37. The number of carbonyl (C=O) groups excluding carboxylic acids is 1. The number of amides is 1. The monoisotopic (exact) mass is 375 g/mol. The molecule has 0 aliphatic rings. The molecule has 3 aromatic rings. The molecule has 0 atom stereocenters. The normalized spacial score (nSPS) is 10.6. The maximum absolute atomic E-state index is 11.9. The first-order chi connectivity index (χ1) is 12.1. The van der Waals surface area contributed by atoms with Gasteiger partial charge >= 0.3 is 0 Å². The van der Waals surface area contributed by atoms with Crippen molar-refractivity contribution in [2.45, 2.75) is 12.8 Å². The van der Waals surface area contributed by atoms with Gasteiger partial charge in [0.2, 0.25) is 17.7 Å². The van der Waals surface area contributed by atoms with Crippen molar-refractivity contribution < 1.29 is 9.21 Å². The van der Waals surface area contributed by atoms with Crippen molar-refractivity contribution in [1.82, 2.24) is 15.5 Å². The highest BCUT2D eigenvalue weighted by molar-refractivity contribution is 6.33. The SMILES string of the molecule is O=C(Cc1ccc(Cl)cc1)NCCc1nnc(-c2ccccc2Cl)o1. The van der Waals surface area contributed by atoms with Crippen molar-refractivity contribution >= 4 is 29.1 Å². The third-order valence-corrected chi connectivity index (χ3v) is 4.09. The van der Waals surface area contributed by atoms with Crippen molar-refractivity contribution in [1.29, 1.82) is 0 Å². The molecule has 0 saturated carbocycles. The van der Waals surface area contributed by atoms with E-state index in [9.17, 15) is 4.79 Å². The number of rotatable bonds is 6. The second-order valence-corrected chi connectivity index (χ2v) is 6.23. The van der Waals surface area contributed by atoms with Gasteiger partial charge in [0.1, 0.15) is 0 Å². The number of aromatic nitrogens is 2. The summed E-state index contributed by atoms with van der Waals surface area (Å²) < 4.78 is 5.59. The maximum Gasteiger partial charge on any atom is 0.249 e. The van der Waals surface area contributed by atoms with Crippen LogP contribution in [0.4, 0.5) is 0 Å². The lowest BCUT2D eigenvalue weighted by atomic mass is 10.1. The minimum absolute atomic E-state index is 0.0758. The molecule has 0 unspecified atom stereocenters. The molecule has 0 spiro atoms. The van der Waals surface area contributed by atoms with Gasteiger partial charge in [0.15, 0.2) is 0 Å². The lowest BCUT2D eigenvalue weighted by molar-refractivity contribution is -0.120. The molecule has 7 heteroatoms. The Labute approximate surface area is 155 Å². The van der Waals surface area contributed by atoms with E-state index in [2.05, 4.69) is 15.5 Å². The van der Waals surface area contributed by atoms with Gasteiger partial charge in [0.05, 0.1) is 17.0 Å². The molecule has 2 aromatic carbocycles. The Bertz CT molecular complexity index is 863. The Morgan fingerprint density at radius 1 is 1.04 bits per heavy atom. The third-order valence-electron chi connectivity index (χ3n) is 3.51. The molecular formula is C18H15Cl2N3O2. The van der Waals surface area contributed by atoms with Crippen LogP contribution in [0, 0.1) is 0 Å². The molecule has 1 heterocycles. The van der Waals surface area contributed by atoms with Crippen LogP contribution >= 0.6 is 23.2 Å². The van der Waals surface area contributed by atoms with E-state index >= 15 is 0 Å². The highest BCUT2D eigenvalue weighted by Crippen LogP contribution is 2.26. The molecule has 128 valence electrons. The van der Waals surface area contributed by atoms with Crippen molar-refractivity contribution in [3.8, 4) is 11.5 Å². The highest BCUT2D eigenvalue weighted by Gasteiger charge is 2.11. The summed E-state index contributed by atoms with van der Waals surface area (Å²) in [5.41, 5.74) is 1.59. The number of nitrogens with zero attached hydrogens (tertiary/aromatic N) is 2. The zero-order valence-electron chi connectivity index (χ0n) is 13.2. The summed E-state index contributed by atoms with van der Waals surface area (Å²) in [5.74, 6) is 0.739. The quantitative estimate of drug-likeness (QED) is 0.708. The van der Waals surface area contributed by atoms with Crippen molar-refractivity contribution in [3.05, 3.63) is 70.0 Å². The second-order valence-electron chi connectivity index (χ2n) is 5.38. The minimum Gasteiger partial charge on any atom is -0.421 e. The van der Waals surface area contributed by atoms with E-state index in [0.717, 1.165) is 5.56 Å². The van der Waals surface area contributed by atoms with Gasteiger partial charge in [-0.3, -0.25) is 4.79 Å². The number of benzene rings is 2. The van der Waals surface area contributed by atoms with E-state index in [1.165, 1.54) is 0 Å². The lowest BCUT2D eigenvalue weighted by Crippen LogP contribution is -2.27. The fourth-order valence-corrected chi connectivity index (χ4v) is 2.60. The molecule has 1 N–H and O–H groups in total. The first-order valence-electron chi connectivity index (χ1n) is 7.70. The molecule has 5 nitrogen and oxygen atoms in total. The van der Waals surface area contributed by atoms with Gasteiger partial charge in [0, 0.05) is 18.0 Å². The van der Waals surface area contributed by atoms with Gasteiger partial charge in [-0.05, 0) is 29.8 Å². The molecule has 1 amide bonds. The van der Waals surface area contributed by atoms with Gasteiger partial charge in [-0.2, -0.15) is 0 Å². The zero-order chi connectivity index (χ0) is 17.6. The van der Waals surface area contributed by atoms with E-state index in [1.807, 2.05) is 30.3 Å². The third kappa shape index (κ3) is 4.81. The number of hydrogen-bond donors (Lipinski definition) is 1. The molecule has 25 heavy (non-hydrogen) atoms. The van der Waals surface area contributed by atoms with Crippen molar-refractivity contribution in [2.75, 3.05) is 6.54 Å². The van der Waals surface area contributed by atoms with Gasteiger partial charge in [-0.25, -0.2) is 0 Å². The van der Waals surface area contributed by atoms with Crippen LogP contribution in [0.25, 0.3) is 11.5 Å². The summed E-state index contributed by atoms with van der Waals surface area (Å²) in [6.45, 7) is 0.413. The van der Waals surface area contributed by atoms with Crippen LogP contribution in [0.1, 0.15) is 11.5 Å². The fraction of sp³-hybridized carbons (Fsp3) is 0.167. The Kier molecular flexibility index (Phi) is 5.68. The topological polar surface area (TPSA) is 68.0 Å². The first-order valence-corrected chi connectivity index (χ1v) is 8.46. The van der Waals surface area contributed by atoms with E-state index < -0.39 is 0 Å².